The van der Waals surface area contributed by atoms with E-state index >= 15 is 0 Å². The van der Waals surface area contributed by atoms with Crippen molar-refractivity contribution in [3.05, 3.63) is 199 Å². The van der Waals surface area contributed by atoms with Gasteiger partial charge in [-0.05, 0) is 109 Å². The minimum atomic E-state index is -0.107. The molecular formula is C55H37NO. The maximum atomic E-state index is 6.45. The molecule has 2 aliphatic carbocycles. The van der Waals surface area contributed by atoms with Crippen molar-refractivity contribution < 1.29 is 4.42 Å². The normalized spacial score (nSPS) is 13.2. The van der Waals surface area contributed by atoms with Crippen LogP contribution in [0.2, 0.25) is 0 Å². The van der Waals surface area contributed by atoms with Gasteiger partial charge in [-0.2, -0.15) is 0 Å². The molecule has 1 heterocycles. The Hall–Kier alpha value is -7.16. The molecule has 0 spiro atoms. The van der Waals surface area contributed by atoms with Gasteiger partial charge in [-0.25, -0.2) is 0 Å². The SMILES string of the molecule is CC1(C)c2ccccc2-c2c(N(c3ccc(-c4ccc5c(c4)-c4cccc6cccc-5c46)cc3)c3ccc(-c4cccc5c4oc4ccccc45)cc3)cccc21. The monoisotopic (exact) mass is 727 g/mol. The lowest BCUT2D eigenvalue weighted by Crippen LogP contribution is -2.16. The van der Waals surface area contributed by atoms with Crippen LogP contribution < -0.4 is 4.90 Å². The van der Waals surface area contributed by atoms with Gasteiger partial charge in [0.2, 0.25) is 0 Å². The maximum absolute atomic E-state index is 6.45. The van der Waals surface area contributed by atoms with Gasteiger partial charge >= 0.3 is 0 Å². The standard InChI is InChI=1S/C55H37NO/c1-55(2)48-19-5-3-14-46(48)53-49(55)20-10-21-50(53)56(39-30-25-35(26-31-39)40-15-9-18-45-42-13-4-6-22-51(42)57-54(40)45)38-28-23-34(24-29-38)37-27-32-41-43-16-7-11-36-12-8-17-44(52(36)43)47(41)33-37/h3-33H,1-2H3. The van der Waals surface area contributed by atoms with Crippen molar-refractivity contribution in [1.29, 1.82) is 0 Å². The van der Waals surface area contributed by atoms with E-state index in [4.69, 9.17) is 4.42 Å². The van der Waals surface area contributed by atoms with E-state index < -0.39 is 0 Å². The van der Waals surface area contributed by atoms with Crippen molar-refractivity contribution in [2.24, 2.45) is 0 Å². The lowest BCUT2D eigenvalue weighted by molar-refractivity contribution is 0.660. The summed E-state index contributed by atoms with van der Waals surface area (Å²) in [6, 6.07) is 68.9. The van der Waals surface area contributed by atoms with Crippen LogP contribution in [0.5, 0.6) is 0 Å². The molecule has 268 valence electrons. The average molecular weight is 728 g/mol. The van der Waals surface area contributed by atoms with Crippen LogP contribution in [0.4, 0.5) is 17.1 Å². The minimum Gasteiger partial charge on any atom is -0.455 e. The van der Waals surface area contributed by atoms with Gasteiger partial charge in [-0.3, -0.25) is 0 Å². The molecule has 2 heteroatoms. The summed E-state index contributed by atoms with van der Waals surface area (Å²) in [6.45, 7) is 4.70. The molecule has 0 saturated heterocycles. The molecule has 10 aromatic rings. The smallest absolute Gasteiger partial charge is 0.143 e. The molecule has 0 fully saturated rings. The van der Waals surface area contributed by atoms with Crippen molar-refractivity contribution in [3.63, 3.8) is 0 Å². The van der Waals surface area contributed by atoms with E-state index in [0.717, 1.165) is 44.4 Å². The second-order valence-electron chi connectivity index (χ2n) is 16.0. The summed E-state index contributed by atoms with van der Waals surface area (Å²) >= 11 is 0. The van der Waals surface area contributed by atoms with E-state index in [0.29, 0.717) is 0 Å². The van der Waals surface area contributed by atoms with Crippen LogP contribution in [-0.4, -0.2) is 0 Å². The molecule has 0 atom stereocenters. The fourth-order valence-corrected chi connectivity index (χ4v) is 9.89. The van der Waals surface area contributed by atoms with Gasteiger partial charge in [0.25, 0.3) is 0 Å². The fourth-order valence-electron chi connectivity index (χ4n) is 9.89. The highest BCUT2D eigenvalue weighted by molar-refractivity contribution is 6.16. The molecule has 0 aliphatic heterocycles. The van der Waals surface area contributed by atoms with E-state index in [1.54, 1.807) is 0 Å². The van der Waals surface area contributed by atoms with Crippen LogP contribution in [0.1, 0.15) is 25.0 Å². The topological polar surface area (TPSA) is 16.4 Å². The number of hydrogen-bond donors (Lipinski definition) is 0. The summed E-state index contributed by atoms with van der Waals surface area (Å²) in [5.74, 6) is 0. The van der Waals surface area contributed by atoms with Gasteiger partial charge in [0.15, 0.2) is 0 Å². The molecule has 0 bridgehead atoms. The summed E-state index contributed by atoms with van der Waals surface area (Å²) in [6.07, 6.45) is 0. The number of hydrogen-bond acceptors (Lipinski definition) is 2. The first-order chi connectivity index (χ1) is 28.0. The Balaban J connectivity index is 0.986. The van der Waals surface area contributed by atoms with Crippen LogP contribution in [-0.2, 0) is 5.41 Å². The summed E-state index contributed by atoms with van der Waals surface area (Å²) in [4.78, 5) is 2.44. The number of rotatable bonds is 5. The third-order valence-corrected chi connectivity index (χ3v) is 12.6. The Morgan fingerprint density at radius 1 is 0.421 bits per heavy atom. The molecule has 0 amide bonds. The van der Waals surface area contributed by atoms with Gasteiger partial charge in [-0.15, -0.1) is 0 Å². The zero-order valence-electron chi connectivity index (χ0n) is 31.8. The Morgan fingerprint density at radius 2 is 1.02 bits per heavy atom. The molecule has 0 saturated carbocycles. The lowest BCUT2D eigenvalue weighted by atomic mass is 9.82. The molecule has 9 aromatic carbocycles. The summed E-state index contributed by atoms with van der Waals surface area (Å²) < 4.78 is 6.45. The van der Waals surface area contributed by atoms with E-state index in [1.807, 2.05) is 12.1 Å². The molecule has 57 heavy (non-hydrogen) atoms. The second kappa shape index (κ2) is 11.9. The van der Waals surface area contributed by atoms with Crippen molar-refractivity contribution in [2.45, 2.75) is 19.3 Å². The van der Waals surface area contributed by atoms with Crippen LogP contribution in [0.15, 0.2) is 192 Å². The molecule has 0 unspecified atom stereocenters. The molecule has 2 aliphatic rings. The predicted octanol–water partition coefficient (Wildman–Crippen LogP) is 15.5. The molecular weight excluding hydrogens is 691 g/mol. The highest BCUT2D eigenvalue weighted by Gasteiger charge is 2.37. The molecule has 0 radical (unpaired) electrons. The van der Waals surface area contributed by atoms with E-state index in [1.165, 1.54) is 72.1 Å². The van der Waals surface area contributed by atoms with E-state index in [9.17, 15) is 0 Å². The van der Waals surface area contributed by atoms with Gasteiger partial charge in [0, 0.05) is 38.7 Å². The van der Waals surface area contributed by atoms with Gasteiger partial charge in [0.1, 0.15) is 11.2 Å². The first-order valence-electron chi connectivity index (χ1n) is 19.8. The lowest BCUT2D eigenvalue weighted by Gasteiger charge is -2.29. The van der Waals surface area contributed by atoms with Crippen molar-refractivity contribution in [2.75, 3.05) is 4.90 Å². The van der Waals surface area contributed by atoms with Crippen LogP contribution >= 0.6 is 0 Å². The fraction of sp³-hybridized carbons (Fsp3) is 0.0545. The van der Waals surface area contributed by atoms with Gasteiger partial charge in [0.05, 0.1) is 5.69 Å². The third kappa shape index (κ3) is 4.65. The van der Waals surface area contributed by atoms with Crippen LogP contribution in [0.25, 0.3) is 88.3 Å². The van der Waals surface area contributed by atoms with E-state index in [-0.39, 0.29) is 5.41 Å². The Labute approximate surface area is 331 Å². The molecule has 2 nitrogen and oxygen atoms in total. The number of anilines is 3. The largest absolute Gasteiger partial charge is 0.455 e. The molecule has 0 N–H and O–H groups in total. The maximum Gasteiger partial charge on any atom is 0.143 e. The predicted molar refractivity (Wildman–Crippen MR) is 239 cm³/mol. The zero-order valence-corrected chi connectivity index (χ0v) is 31.8. The van der Waals surface area contributed by atoms with Gasteiger partial charge in [-0.1, -0.05) is 159 Å². The van der Waals surface area contributed by atoms with Crippen molar-refractivity contribution in [1.82, 2.24) is 0 Å². The Bertz CT molecular complexity index is 3250. The second-order valence-corrected chi connectivity index (χ2v) is 16.0. The first kappa shape index (κ1) is 32.1. The molecule has 12 rings (SSSR count). The average Bonchev–Trinajstić information content (AvgIpc) is 3.88. The van der Waals surface area contributed by atoms with Crippen LogP contribution in [0.3, 0.4) is 0 Å². The Morgan fingerprint density at radius 3 is 1.82 bits per heavy atom. The van der Waals surface area contributed by atoms with Crippen molar-refractivity contribution in [3.8, 4) is 55.6 Å². The van der Waals surface area contributed by atoms with Crippen LogP contribution in [0, 0.1) is 0 Å². The number of benzene rings is 9. The number of furan rings is 1. The number of nitrogens with zero attached hydrogens (tertiary/aromatic N) is 1. The van der Waals surface area contributed by atoms with Crippen molar-refractivity contribution >= 4 is 49.8 Å². The van der Waals surface area contributed by atoms with E-state index in [2.05, 4.69) is 195 Å². The number of fused-ring (bicyclic) bond motifs is 9. The summed E-state index contributed by atoms with van der Waals surface area (Å²) in [7, 11) is 0. The number of para-hydroxylation sites is 2. The minimum absolute atomic E-state index is 0.107. The molecule has 1 aromatic heterocycles. The first-order valence-corrected chi connectivity index (χ1v) is 19.8. The summed E-state index contributed by atoms with van der Waals surface area (Å²) in [5.41, 5.74) is 20.3. The highest BCUT2D eigenvalue weighted by atomic mass is 16.3. The zero-order chi connectivity index (χ0) is 37.8. The third-order valence-electron chi connectivity index (χ3n) is 12.6. The quantitative estimate of drug-likeness (QED) is 0.175. The summed E-state index contributed by atoms with van der Waals surface area (Å²) in [5, 5.41) is 4.94. The Kier molecular flexibility index (Phi) is 6.72. The van der Waals surface area contributed by atoms with Gasteiger partial charge < -0.3 is 9.32 Å². The highest BCUT2D eigenvalue weighted by Crippen LogP contribution is 2.54.